The molecule has 0 fully saturated rings. The van der Waals surface area contributed by atoms with E-state index in [-0.39, 0.29) is 18.0 Å². The van der Waals surface area contributed by atoms with Gasteiger partial charge in [0.25, 0.3) is 5.91 Å². The fourth-order valence-corrected chi connectivity index (χ4v) is 2.12. The van der Waals surface area contributed by atoms with E-state index in [1.807, 2.05) is 22.6 Å². The van der Waals surface area contributed by atoms with Crippen LogP contribution in [0.3, 0.4) is 0 Å². The van der Waals surface area contributed by atoms with E-state index >= 15 is 0 Å². The fraction of sp³-hybridized carbons (Fsp3) is 0.643. The molecule has 1 aromatic heterocycles. The minimum atomic E-state index is 0.0669. The van der Waals surface area contributed by atoms with E-state index in [9.17, 15) is 4.79 Å². The Morgan fingerprint density at radius 2 is 2.00 bits per heavy atom. The molecule has 1 heterocycles. The summed E-state index contributed by atoms with van der Waals surface area (Å²) in [5.74, 6) is 0.0669. The van der Waals surface area contributed by atoms with E-state index in [4.69, 9.17) is 5.73 Å². The number of hydrogen-bond donors (Lipinski definition) is 1. The highest BCUT2D eigenvalue weighted by Gasteiger charge is 2.22. The number of carbonyl (C=O) groups excluding carboxylic acids is 1. The molecule has 0 spiro atoms. The van der Waals surface area contributed by atoms with Crippen molar-refractivity contribution in [2.45, 2.75) is 53.1 Å². The van der Waals surface area contributed by atoms with Crippen molar-refractivity contribution in [3.05, 3.63) is 18.0 Å². The minimum Gasteiger partial charge on any atom is -0.397 e. The van der Waals surface area contributed by atoms with Gasteiger partial charge in [-0.2, -0.15) is 0 Å². The van der Waals surface area contributed by atoms with Crippen molar-refractivity contribution in [2.24, 2.45) is 0 Å². The second kappa shape index (κ2) is 5.94. The van der Waals surface area contributed by atoms with Gasteiger partial charge < -0.3 is 15.2 Å². The minimum absolute atomic E-state index is 0.0669. The first-order valence-electron chi connectivity index (χ1n) is 6.70. The summed E-state index contributed by atoms with van der Waals surface area (Å²) in [7, 11) is 0. The Bertz CT molecular complexity index is 409. The van der Waals surface area contributed by atoms with Gasteiger partial charge in [-0.1, -0.05) is 6.92 Å². The summed E-state index contributed by atoms with van der Waals surface area (Å²) in [5.41, 5.74) is 7.14. The van der Waals surface area contributed by atoms with Gasteiger partial charge in [-0.15, -0.1) is 0 Å². The van der Waals surface area contributed by atoms with Gasteiger partial charge in [0.1, 0.15) is 5.69 Å². The number of amides is 1. The van der Waals surface area contributed by atoms with Crippen molar-refractivity contribution in [1.29, 1.82) is 0 Å². The molecule has 0 saturated heterocycles. The number of nitrogen functional groups attached to an aromatic ring is 1. The van der Waals surface area contributed by atoms with Crippen LogP contribution in [0.2, 0.25) is 0 Å². The monoisotopic (exact) mass is 251 g/mol. The van der Waals surface area contributed by atoms with Crippen LogP contribution >= 0.6 is 0 Å². The molecule has 102 valence electrons. The van der Waals surface area contributed by atoms with Crippen LogP contribution in [0.15, 0.2) is 12.3 Å². The smallest absolute Gasteiger partial charge is 0.270 e. The van der Waals surface area contributed by atoms with Gasteiger partial charge in [0.2, 0.25) is 0 Å². The van der Waals surface area contributed by atoms with Gasteiger partial charge in [-0.3, -0.25) is 4.79 Å². The molecule has 2 N–H and O–H groups in total. The predicted molar refractivity (Wildman–Crippen MR) is 75.7 cm³/mol. The van der Waals surface area contributed by atoms with Gasteiger partial charge in [-0.25, -0.2) is 0 Å². The quantitative estimate of drug-likeness (QED) is 0.874. The zero-order valence-electron chi connectivity index (χ0n) is 12.1. The molecular formula is C14H25N3O. The maximum atomic E-state index is 12.6. The highest BCUT2D eigenvalue weighted by Crippen LogP contribution is 2.19. The van der Waals surface area contributed by atoms with E-state index < -0.39 is 0 Å². The van der Waals surface area contributed by atoms with Crippen molar-refractivity contribution in [1.82, 2.24) is 9.47 Å². The normalized spacial score (nSPS) is 12.8. The van der Waals surface area contributed by atoms with E-state index in [1.165, 1.54) is 0 Å². The van der Waals surface area contributed by atoms with Crippen LogP contribution in [0.5, 0.6) is 0 Å². The molecule has 0 saturated carbocycles. The molecule has 18 heavy (non-hydrogen) atoms. The molecule has 0 aromatic carbocycles. The van der Waals surface area contributed by atoms with Gasteiger partial charge in [0.05, 0.1) is 5.69 Å². The summed E-state index contributed by atoms with van der Waals surface area (Å²) >= 11 is 0. The van der Waals surface area contributed by atoms with Crippen LogP contribution in [0, 0.1) is 0 Å². The lowest BCUT2D eigenvalue weighted by molar-refractivity contribution is 0.0687. The molecule has 4 nitrogen and oxygen atoms in total. The van der Waals surface area contributed by atoms with Crippen molar-refractivity contribution >= 4 is 11.6 Å². The molecule has 0 radical (unpaired) electrons. The van der Waals surface area contributed by atoms with E-state index in [0.717, 1.165) is 13.0 Å². The third-order valence-corrected chi connectivity index (χ3v) is 3.37. The zero-order chi connectivity index (χ0) is 13.9. The van der Waals surface area contributed by atoms with Gasteiger partial charge in [0, 0.05) is 24.8 Å². The molecule has 1 rings (SSSR count). The summed E-state index contributed by atoms with van der Waals surface area (Å²) < 4.78 is 1.95. The Hall–Kier alpha value is -1.45. The summed E-state index contributed by atoms with van der Waals surface area (Å²) in [5, 5.41) is 0. The first-order chi connectivity index (χ1) is 8.42. The lowest BCUT2D eigenvalue weighted by Gasteiger charge is -2.28. The first kappa shape index (κ1) is 14.6. The molecule has 1 amide bonds. The van der Waals surface area contributed by atoms with Crippen LogP contribution in [0.1, 0.15) is 57.6 Å². The van der Waals surface area contributed by atoms with Crippen molar-refractivity contribution < 1.29 is 4.79 Å². The number of hydrogen-bond acceptors (Lipinski definition) is 2. The Morgan fingerprint density at radius 3 is 2.44 bits per heavy atom. The lowest BCUT2D eigenvalue weighted by Crippen LogP contribution is -2.39. The number of rotatable bonds is 5. The molecule has 0 bridgehead atoms. The fourth-order valence-electron chi connectivity index (χ4n) is 2.12. The largest absolute Gasteiger partial charge is 0.397 e. The van der Waals surface area contributed by atoms with Gasteiger partial charge in [0.15, 0.2) is 0 Å². The average molecular weight is 251 g/mol. The van der Waals surface area contributed by atoms with Crippen LogP contribution in [-0.2, 0) is 0 Å². The molecule has 0 aliphatic carbocycles. The summed E-state index contributed by atoms with van der Waals surface area (Å²) in [6.45, 7) is 11.0. The van der Waals surface area contributed by atoms with Crippen molar-refractivity contribution in [2.75, 3.05) is 12.3 Å². The molecule has 0 aliphatic rings. The molecule has 1 aromatic rings. The van der Waals surface area contributed by atoms with E-state index in [0.29, 0.717) is 11.4 Å². The van der Waals surface area contributed by atoms with E-state index in [1.54, 1.807) is 6.07 Å². The predicted octanol–water partition coefficient (Wildman–Crippen LogP) is 2.91. The Labute approximate surface area is 110 Å². The van der Waals surface area contributed by atoms with Crippen LogP contribution in [0.4, 0.5) is 5.69 Å². The average Bonchev–Trinajstić information content (AvgIpc) is 2.72. The number of nitrogens with two attached hydrogens (primary N) is 1. The number of anilines is 1. The number of aromatic nitrogens is 1. The molecule has 1 atom stereocenters. The second-order valence-electron chi connectivity index (χ2n) is 5.01. The molecule has 1 unspecified atom stereocenters. The standard InChI is InChI=1S/C14H25N3O/c1-6-11(5)16(7-2)14(18)13-8-12(15)9-17(13)10(3)4/h8-11H,6-7,15H2,1-5H3. The van der Waals surface area contributed by atoms with Gasteiger partial charge >= 0.3 is 0 Å². The number of carbonyl (C=O) groups is 1. The first-order valence-corrected chi connectivity index (χ1v) is 6.70. The summed E-state index contributed by atoms with van der Waals surface area (Å²) in [6, 6.07) is 2.25. The third-order valence-electron chi connectivity index (χ3n) is 3.37. The van der Waals surface area contributed by atoms with E-state index in [2.05, 4.69) is 27.7 Å². The van der Waals surface area contributed by atoms with Crippen molar-refractivity contribution in [3.8, 4) is 0 Å². The molecule has 0 aliphatic heterocycles. The highest BCUT2D eigenvalue weighted by molar-refractivity contribution is 5.94. The topological polar surface area (TPSA) is 51.3 Å². The Balaban J connectivity index is 3.09. The lowest BCUT2D eigenvalue weighted by atomic mass is 10.2. The zero-order valence-corrected chi connectivity index (χ0v) is 12.1. The van der Waals surface area contributed by atoms with Crippen LogP contribution in [0.25, 0.3) is 0 Å². The highest BCUT2D eigenvalue weighted by atomic mass is 16.2. The third kappa shape index (κ3) is 2.86. The van der Waals surface area contributed by atoms with Crippen LogP contribution < -0.4 is 5.73 Å². The SMILES string of the molecule is CCC(C)N(CC)C(=O)c1cc(N)cn1C(C)C. The Morgan fingerprint density at radius 1 is 1.39 bits per heavy atom. The van der Waals surface area contributed by atoms with Gasteiger partial charge in [-0.05, 0) is 40.2 Å². The van der Waals surface area contributed by atoms with Crippen molar-refractivity contribution in [3.63, 3.8) is 0 Å². The molecular weight excluding hydrogens is 226 g/mol. The molecule has 4 heteroatoms. The Kier molecular flexibility index (Phi) is 4.82. The number of nitrogens with zero attached hydrogens (tertiary/aromatic N) is 2. The maximum Gasteiger partial charge on any atom is 0.270 e. The maximum absolute atomic E-state index is 12.6. The summed E-state index contributed by atoms with van der Waals surface area (Å²) in [6.07, 6.45) is 2.79. The van der Waals surface area contributed by atoms with Crippen LogP contribution in [-0.4, -0.2) is 28.0 Å². The second-order valence-corrected chi connectivity index (χ2v) is 5.01. The summed E-state index contributed by atoms with van der Waals surface area (Å²) in [4.78, 5) is 14.5.